The lowest BCUT2D eigenvalue weighted by Gasteiger charge is -2.08. The predicted molar refractivity (Wildman–Crippen MR) is 103 cm³/mol. The van der Waals surface area contributed by atoms with Crippen LogP contribution in [0.1, 0.15) is 10.4 Å². The molecule has 6 nitrogen and oxygen atoms in total. The van der Waals surface area contributed by atoms with Gasteiger partial charge >= 0.3 is 0 Å². The molecule has 0 saturated carbocycles. The summed E-state index contributed by atoms with van der Waals surface area (Å²) in [7, 11) is -3.96. The Morgan fingerprint density at radius 1 is 0.926 bits per heavy atom. The number of hydrogen-bond acceptors (Lipinski definition) is 4. The summed E-state index contributed by atoms with van der Waals surface area (Å²) in [6.45, 7) is -0.289. The highest BCUT2D eigenvalue weighted by atomic mass is 35.5. The number of benzene rings is 2. The minimum atomic E-state index is -3.96. The molecule has 0 atom stereocenters. The monoisotopic (exact) mass is 402 g/mol. The van der Waals surface area contributed by atoms with Gasteiger partial charge in [0.25, 0.3) is 5.56 Å². The minimum Gasteiger partial charge on any atom is -0.306 e. The van der Waals surface area contributed by atoms with Crippen LogP contribution in [0.25, 0.3) is 11.1 Å². The summed E-state index contributed by atoms with van der Waals surface area (Å²) in [6, 6.07) is 16.4. The first-order chi connectivity index (χ1) is 12.7. The molecule has 0 spiro atoms. The molecule has 27 heavy (non-hydrogen) atoms. The van der Waals surface area contributed by atoms with E-state index in [1.807, 2.05) is 12.1 Å². The van der Waals surface area contributed by atoms with Crippen LogP contribution in [0.4, 0.5) is 0 Å². The van der Waals surface area contributed by atoms with Crippen LogP contribution in [-0.2, 0) is 16.6 Å². The third-order valence-electron chi connectivity index (χ3n) is 3.98. The second kappa shape index (κ2) is 7.48. The van der Waals surface area contributed by atoms with Gasteiger partial charge in [0.15, 0.2) is 5.78 Å². The van der Waals surface area contributed by atoms with Crippen molar-refractivity contribution >= 4 is 27.4 Å². The van der Waals surface area contributed by atoms with Crippen LogP contribution in [0, 0.1) is 0 Å². The van der Waals surface area contributed by atoms with Crippen LogP contribution < -0.4 is 10.7 Å². The summed E-state index contributed by atoms with van der Waals surface area (Å²) >= 11 is 5.88. The molecule has 8 heteroatoms. The molecule has 0 aliphatic rings. The number of primary sulfonamides is 1. The van der Waals surface area contributed by atoms with Crippen LogP contribution in [0.15, 0.2) is 76.6 Å². The largest absolute Gasteiger partial charge is 0.306 e. The zero-order valence-electron chi connectivity index (χ0n) is 14.0. The molecule has 2 aromatic carbocycles. The molecule has 2 N–H and O–H groups in total. The standard InChI is InChI=1S/C19H15ClN2O4S/c20-16-7-5-14(6-8-16)13-1-3-15(4-2-13)18(23)12-22-11-17(27(21,25)26)9-10-19(22)24/h1-11H,12H2,(H2,21,25,26). The number of nitrogens with two attached hydrogens (primary N) is 1. The first-order valence-corrected chi connectivity index (χ1v) is 9.79. The van der Waals surface area contributed by atoms with Gasteiger partial charge in [-0.3, -0.25) is 9.59 Å². The lowest BCUT2D eigenvalue weighted by molar-refractivity contribution is 0.0970. The number of halogens is 1. The summed E-state index contributed by atoms with van der Waals surface area (Å²) < 4.78 is 23.9. The number of nitrogens with zero attached hydrogens (tertiary/aromatic N) is 1. The van der Waals surface area contributed by atoms with Crippen molar-refractivity contribution in [1.82, 2.24) is 4.57 Å². The molecule has 3 aromatic rings. The van der Waals surface area contributed by atoms with E-state index in [4.69, 9.17) is 16.7 Å². The number of pyridine rings is 1. The number of aromatic nitrogens is 1. The fraction of sp³-hybridized carbons (Fsp3) is 0.0526. The fourth-order valence-corrected chi connectivity index (χ4v) is 3.20. The van der Waals surface area contributed by atoms with Gasteiger partial charge in [0, 0.05) is 22.8 Å². The number of hydrogen-bond donors (Lipinski definition) is 1. The summed E-state index contributed by atoms with van der Waals surface area (Å²) in [5.74, 6) is -0.327. The predicted octanol–water partition coefficient (Wildman–Crippen LogP) is 2.70. The van der Waals surface area contributed by atoms with Crippen molar-refractivity contribution in [2.24, 2.45) is 5.14 Å². The maximum atomic E-state index is 12.5. The molecule has 0 bridgehead atoms. The summed E-state index contributed by atoms with van der Waals surface area (Å²) in [6.07, 6.45) is 1.07. The molecule has 0 aliphatic carbocycles. The first-order valence-electron chi connectivity index (χ1n) is 7.86. The van der Waals surface area contributed by atoms with Gasteiger partial charge in [-0.25, -0.2) is 13.6 Å². The van der Waals surface area contributed by atoms with Crippen molar-refractivity contribution in [3.05, 3.63) is 87.8 Å². The lowest BCUT2D eigenvalue weighted by Crippen LogP contribution is -2.25. The Morgan fingerprint density at radius 2 is 1.48 bits per heavy atom. The number of Topliss-reactive ketones (excluding diaryl/α,β-unsaturated/α-hetero) is 1. The van der Waals surface area contributed by atoms with E-state index in [9.17, 15) is 18.0 Å². The Kier molecular flexibility index (Phi) is 5.27. The second-order valence-electron chi connectivity index (χ2n) is 5.88. The number of carbonyl (C=O) groups is 1. The van der Waals surface area contributed by atoms with Crippen LogP contribution in [0.5, 0.6) is 0 Å². The van der Waals surface area contributed by atoms with E-state index in [-0.39, 0.29) is 17.2 Å². The molecule has 0 fully saturated rings. The molecule has 3 rings (SSSR count). The molecule has 1 aromatic heterocycles. The van der Waals surface area contributed by atoms with E-state index < -0.39 is 15.6 Å². The van der Waals surface area contributed by atoms with Gasteiger partial charge in [0.05, 0.1) is 11.4 Å². The van der Waals surface area contributed by atoms with Gasteiger partial charge in [-0.2, -0.15) is 0 Å². The zero-order valence-corrected chi connectivity index (χ0v) is 15.6. The fourth-order valence-electron chi connectivity index (χ4n) is 2.54. The zero-order chi connectivity index (χ0) is 19.6. The van der Waals surface area contributed by atoms with Crippen molar-refractivity contribution in [3.8, 4) is 11.1 Å². The number of carbonyl (C=O) groups excluding carboxylic acids is 1. The van der Waals surface area contributed by atoms with Crippen molar-refractivity contribution < 1.29 is 13.2 Å². The highest BCUT2D eigenvalue weighted by Crippen LogP contribution is 2.22. The van der Waals surface area contributed by atoms with Crippen molar-refractivity contribution in [1.29, 1.82) is 0 Å². The summed E-state index contributed by atoms with van der Waals surface area (Å²) in [5, 5.41) is 5.70. The van der Waals surface area contributed by atoms with Crippen LogP contribution in [-0.4, -0.2) is 18.8 Å². The highest BCUT2D eigenvalue weighted by molar-refractivity contribution is 7.89. The van der Waals surface area contributed by atoms with E-state index >= 15 is 0 Å². The first kappa shape index (κ1) is 19.0. The Morgan fingerprint density at radius 3 is 2.04 bits per heavy atom. The van der Waals surface area contributed by atoms with Crippen LogP contribution in [0.2, 0.25) is 5.02 Å². The van der Waals surface area contributed by atoms with Crippen molar-refractivity contribution in [2.75, 3.05) is 0 Å². The van der Waals surface area contributed by atoms with E-state index in [0.29, 0.717) is 10.6 Å². The van der Waals surface area contributed by atoms with Gasteiger partial charge in [-0.15, -0.1) is 0 Å². The smallest absolute Gasteiger partial charge is 0.251 e. The molecular weight excluding hydrogens is 388 g/mol. The van der Waals surface area contributed by atoms with Gasteiger partial charge in [-0.05, 0) is 29.3 Å². The Bertz CT molecular complexity index is 1150. The molecule has 138 valence electrons. The Balaban J connectivity index is 1.83. The summed E-state index contributed by atoms with van der Waals surface area (Å²) in [5.41, 5.74) is 1.78. The van der Waals surface area contributed by atoms with Gasteiger partial charge in [0.2, 0.25) is 10.0 Å². The van der Waals surface area contributed by atoms with E-state index in [1.165, 1.54) is 0 Å². The van der Waals surface area contributed by atoms with E-state index in [0.717, 1.165) is 34.0 Å². The molecule has 0 saturated heterocycles. The molecular formula is C19H15ClN2O4S. The Labute approximate surface area is 160 Å². The molecule has 0 unspecified atom stereocenters. The van der Waals surface area contributed by atoms with Crippen molar-refractivity contribution in [3.63, 3.8) is 0 Å². The van der Waals surface area contributed by atoms with Gasteiger partial charge in [-0.1, -0.05) is 48.0 Å². The number of sulfonamides is 1. The van der Waals surface area contributed by atoms with Gasteiger partial charge < -0.3 is 4.57 Å². The summed E-state index contributed by atoms with van der Waals surface area (Å²) in [4.78, 5) is 24.1. The normalized spacial score (nSPS) is 11.3. The van der Waals surface area contributed by atoms with Crippen LogP contribution in [0.3, 0.4) is 0 Å². The third-order valence-corrected chi connectivity index (χ3v) is 5.13. The molecule has 0 amide bonds. The lowest BCUT2D eigenvalue weighted by atomic mass is 10.0. The highest BCUT2D eigenvalue weighted by Gasteiger charge is 2.13. The molecule has 1 heterocycles. The maximum absolute atomic E-state index is 12.5. The minimum absolute atomic E-state index is 0.229. The SMILES string of the molecule is NS(=O)(=O)c1ccc(=O)n(CC(=O)c2ccc(-c3ccc(Cl)cc3)cc2)c1. The maximum Gasteiger partial charge on any atom is 0.251 e. The average Bonchev–Trinajstić information content (AvgIpc) is 2.63. The van der Waals surface area contributed by atoms with Crippen LogP contribution >= 0.6 is 11.6 Å². The topological polar surface area (TPSA) is 99.2 Å². The van der Waals surface area contributed by atoms with Gasteiger partial charge in [0.1, 0.15) is 0 Å². The molecule has 0 radical (unpaired) electrons. The Hall–Kier alpha value is -2.74. The average molecular weight is 403 g/mol. The number of rotatable bonds is 5. The second-order valence-corrected chi connectivity index (χ2v) is 7.88. The molecule has 0 aliphatic heterocycles. The quantitative estimate of drug-likeness (QED) is 0.663. The van der Waals surface area contributed by atoms with E-state index in [1.54, 1.807) is 36.4 Å². The van der Waals surface area contributed by atoms with E-state index in [2.05, 4.69) is 0 Å². The third kappa shape index (κ3) is 4.51. The van der Waals surface area contributed by atoms with Crippen molar-refractivity contribution in [2.45, 2.75) is 11.4 Å². The number of ketones is 1.